The average molecular weight is 399 g/mol. The summed E-state index contributed by atoms with van der Waals surface area (Å²) in [4.78, 5) is 13.9. The van der Waals surface area contributed by atoms with E-state index in [2.05, 4.69) is 15.9 Å². The van der Waals surface area contributed by atoms with Gasteiger partial charge in [0, 0.05) is 22.1 Å². The Balaban J connectivity index is 2.07. The van der Waals surface area contributed by atoms with E-state index >= 15 is 0 Å². The van der Waals surface area contributed by atoms with E-state index in [-0.39, 0.29) is 12.5 Å². The molecular weight excluding hydrogens is 382 g/mol. The summed E-state index contributed by atoms with van der Waals surface area (Å²) in [5, 5.41) is 10.8. The van der Waals surface area contributed by atoms with Gasteiger partial charge in [0.2, 0.25) is 0 Å². The maximum absolute atomic E-state index is 12.4. The molecule has 2 aromatic rings. The molecule has 2 aromatic carbocycles. The Labute approximate surface area is 148 Å². The maximum atomic E-state index is 12.4. The third kappa shape index (κ3) is 4.70. The van der Waals surface area contributed by atoms with Crippen molar-refractivity contribution in [1.29, 1.82) is 0 Å². The number of halogens is 2. The van der Waals surface area contributed by atoms with E-state index < -0.39 is 6.10 Å². The molecule has 0 aliphatic heterocycles. The van der Waals surface area contributed by atoms with E-state index in [0.717, 1.165) is 10.0 Å². The zero-order chi connectivity index (χ0) is 17.0. The lowest BCUT2D eigenvalue weighted by atomic mass is 10.1. The number of benzene rings is 2. The molecule has 2 rings (SSSR count). The van der Waals surface area contributed by atoms with Gasteiger partial charge in [0.15, 0.2) is 0 Å². The van der Waals surface area contributed by atoms with Gasteiger partial charge < -0.3 is 14.7 Å². The quantitative estimate of drug-likeness (QED) is 0.830. The summed E-state index contributed by atoms with van der Waals surface area (Å²) >= 11 is 9.28. The van der Waals surface area contributed by atoms with Gasteiger partial charge in [-0.2, -0.15) is 0 Å². The first-order chi connectivity index (χ1) is 10.9. The highest BCUT2D eigenvalue weighted by Gasteiger charge is 2.17. The van der Waals surface area contributed by atoms with Crippen LogP contribution in [0.1, 0.15) is 22.0 Å². The molecule has 0 saturated carbocycles. The highest BCUT2D eigenvalue weighted by atomic mass is 79.9. The van der Waals surface area contributed by atoms with Gasteiger partial charge in [-0.05, 0) is 35.9 Å². The normalized spacial score (nSPS) is 11.9. The Hall–Kier alpha value is -1.56. The van der Waals surface area contributed by atoms with Crippen molar-refractivity contribution in [2.45, 2.75) is 6.10 Å². The number of aliphatic hydroxyl groups is 1. The zero-order valence-corrected chi connectivity index (χ0v) is 15.1. The van der Waals surface area contributed by atoms with Crippen LogP contribution in [0.25, 0.3) is 0 Å². The molecule has 0 fully saturated rings. The molecule has 6 heteroatoms. The maximum Gasteiger partial charge on any atom is 0.253 e. The summed E-state index contributed by atoms with van der Waals surface area (Å²) < 4.78 is 5.82. The van der Waals surface area contributed by atoms with Crippen molar-refractivity contribution < 1.29 is 14.6 Å². The lowest BCUT2D eigenvalue weighted by Gasteiger charge is -2.21. The number of carbonyl (C=O) groups is 1. The molecule has 1 unspecified atom stereocenters. The van der Waals surface area contributed by atoms with Crippen molar-refractivity contribution in [3.63, 3.8) is 0 Å². The molecule has 23 heavy (non-hydrogen) atoms. The number of rotatable bonds is 5. The second kappa shape index (κ2) is 7.81. The number of nitrogens with zero attached hydrogens (tertiary/aromatic N) is 1. The van der Waals surface area contributed by atoms with Crippen LogP contribution in [-0.4, -0.2) is 36.6 Å². The Morgan fingerprint density at radius 3 is 2.52 bits per heavy atom. The molecule has 0 saturated heterocycles. The van der Waals surface area contributed by atoms with Crippen LogP contribution in [0.2, 0.25) is 5.02 Å². The first kappa shape index (κ1) is 17.8. The number of hydrogen-bond donors (Lipinski definition) is 1. The number of ether oxygens (including phenoxy) is 1. The Morgan fingerprint density at radius 1 is 1.30 bits per heavy atom. The SMILES string of the molecule is COc1ccc(C(O)CN(C)C(=O)c2cc(Cl)cc(Br)c2)cc1. The van der Waals surface area contributed by atoms with Gasteiger partial charge >= 0.3 is 0 Å². The number of likely N-dealkylation sites (N-methyl/N-ethyl adjacent to an activating group) is 1. The van der Waals surface area contributed by atoms with Gasteiger partial charge in [-0.3, -0.25) is 4.79 Å². The minimum Gasteiger partial charge on any atom is -0.497 e. The third-order valence-electron chi connectivity index (χ3n) is 3.40. The molecule has 0 aromatic heterocycles. The first-order valence-corrected chi connectivity index (χ1v) is 8.11. The predicted molar refractivity (Wildman–Crippen MR) is 94.1 cm³/mol. The summed E-state index contributed by atoms with van der Waals surface area (Å²) in [6.45, 7) is 0.176. The molecule has 0 bridgehead atoms. The van der Waals surface area contributed by atoms with E-state index in [1.54, 1.807) is 56.6 Å². The molecule has 0 spiro atoms. The largest absolute Gasteiger partial charge is 0.497 e. The van der Waals surface area contributed by atoms with Crippen molar-refractivity contribution in [2.24, 2.45) is 0 Å². The number of hydrogen-bond acceptors (Lipinski definition) is 3. The average Bonchev–Trinajstić information content (AvgIpc) is 2.53. The Kier molecular flexibility index (Phi) is 6.04. The molecule has 1 atom stereocenters. The van der Waals surface area contributed by atoms with E-state index in [9.17, 15) is 9.90 Å². The molecule has 0 aliphatic rings. The van der Waals surface area contributed by atoms with Gasteiger partial charge in [0.1, 0.15) is 5.75 Å². The van der Waals surface area contributed by atoms with E-state index in [4.69, 9.17) is 16.3 Å². The van der Waals surface area contributed by atoms with Gasteiger partial charge in [0.25, 0.3) is 5.91 Å². The van der Waals surface area contributed by atoms with Gasteiger partial charge in [-0.25, -0.2) is 0 Å². The minimum atomic E-state index is -0.780. The van der Waals surface area contributed by atoms with Crippen molar-refractivity contribution in [3.8, 4) is 5.75 Å². The fourth-order valence-corrected chi connectivity index (χ4v) is 3.03. The summed E-state index contributed by atoms with van der Waals surface area (Å²) in [5.41, 5.74) is 1.19. The monoisotopic (exact) mass is 397 g/mol. The van der Waals surface area contributed by atoms with Crippen molar-refractivity contribution in [3.05, 3.63) is 63.1 Å². The van der Waals surface area contributed by atoms with Crippen LogP contribution in [0.5, 0.6) is 5.75 Å². The van der Waals surface area contributed by atoms with Crippen LogP contribution in [0.3, 0.4) is 0 Å². The number of amides is 1. The Bertz CT molecular complexity index is 670. The van der Waals surface area contributed by atoms with Crippen molar-refractivity contribution in [2.75, 3.05) is 20.7 Å². The summed E-state index contributed by atoms with van der Waals surface area (Å²) in [6.07, 6.45) is -0.780. The van der Waals surface area contributed by atoms with Gasteiger partial charge in [-0.1, -0.05) is 39.7 Å². The second-order valence-electron chi connectivity index (χ2n) is 5.13. The summed E-state index contributed by atoms with van der Waals surface area (Å²) in [6, 6.07) is 12.1. The van der Waals surface area contributed by atoms with Crippen molar-refractivity contribution >= 4 is 33.4 Å². The topological polar surface area (TPSA) is 49.8 Å². The number of methoxy groups -OCH3 is 1. The molecule has 1 amide bonds. The summed E-state index contributed by atoms with van der Waals surface area (Å²) in [5.74, 6) is 0.509. The smallest absolute Gasteiger partial charge is 0.253 e. The van der Waals surface area contributed by atoms with Crippen LogP contribution in [0, 0.1) is 0 Å². The molecule has 1 N–H and O–H groups in total. The van der Waals surface area contributed by atoms with E-state index in [1.807, 2.05) is 0 Å². The van der Waals surface area contributed by atoms with Crippen LogP contribution in [0.15, 0.2) is 46.9 Å². The number of aliphatic hydroxyl groups excluding tert-OH is 1. The van der Waals surface area contributed by atoms with E-state index in [0.29, 0.717) is 16.3 Å². The highest BCUT2D eigenvalue weighted by Crippen LogP contribution is 2.22. The molecule has 0 aliphatic carbocycles. The lowest BCUT2D eigenvalue weighted by molar-refractivity contribution is 0.0681. The van der Waals surface area contributed by atoms with Gasteiger partial charge in [-0.15, -0.1) is 0 Å². The fraction of sp³-hybridized carbons (Fsp3) is 0.235. The standard InChI is InChI=1S/C17H17BrClNO3/c1-20(17(22)12-7-13(18)9-14(19)8-12)10-16(21)11-3-5-15(23-2)6-4-11/h3-9,16,21H,10H2,1-2H3. The van der Waals surface area contributed by atoms with Gasteiger partial charge in [0.05, 0.1) is 19.8 Å². The molecule has 4 nitrogen and oxygen atoms in total. The molecule has 122 valence electrons. The predicted octanol–water partition coefficient (Wildman–Crippen LogP) is 3.92. The molecule has 0 heterocycles. The lowest BCUT2D eigenvalue weighted by Crippen LogP contribution is -2.31. The van der Waals surface area contributed by atoms with E-state index in [1.165, 1.54) is 4.90 Å². The first-order valence-electron chi connectivity index (χ1n) is 6.94. The Morgan fingerprint density at radius 2 is 1.96 bits per heavy atom. The molecule has 0 radical (unpaired) electrons. The highest BCUT2D eigenvalue weighted by molar-refractivity contribution is 9.10. The zero-order valence-electron chi connectivity index (χ0n) is 12.8. The molecular formula is C17H17BrClNO3. The second-order valence-corrected chi connectivity index (χ2v) is 6.48. The van der Waals surface area contributed by atoms with Crippen LogP contribution >= 0.6 is 27.5 Å². The third-order valence-corrected chi connectivity index (χ3v) is 4.08. The number of carbonyl (C=O) groups excluding carboxylic acids is 1. The van der Waals surface area contributed by atoms with Crippen LogP contribution < -0.4 is 4.74 Å². The fourth-order valence-electron chi connectivity index (χ4n) is 2.17. The van der Waals surface area contributed by atoms with Crippen LogP contribution in [-0.2, 0) is 0 Å². The van der Waals surface area contributed by atoms with Crippen molar-refractivity contribution in [1.82, 2.24) is 4.90 Å². The summed E-state index contributed by atoms with van der Waals surface area (Å²) in [7, 11) is 3.23. The van der Waals surface area contributed by atoms with Crippen LogP contribution in [0.4, 0.5) is 0 Å². The minimum absolute atomic E-state index is 0.176.